The summed E-state index contributed by atoms with van der Waals surface area (Å²) in [5.41, 5.74) is 0.368. The molecule has 122 valence electrons. The van der Waals surface area contributed by atoms with Crippen LogP contribution in [-0.2, 0) is 4.79 Å². The average molecular weight is 375 g/mol. The van der Waals surface area contributed by atoms with Gasteiger partial charge in [0.1, 0.15) is 0 Å². The van der Waals surface area contributed by atoms with E-state index in [1.54, 1.807) is 18.2 Å². The van der Waals surface area contributed by atoms with Crippen molar-refractivity contribution in [1.82, 2.24) is 0 Å². The molecule has 0 saturated heterocycles. The summed E-state index contributed by atoms with van der Waals surface area (Å²) in [4.78, 5) is 12.0. The third-order valence-corrected chi connectivity index (χ3v) is 3.83. The van der Waals surface area contributed by atoms with Gasteiger partial charge in [0, 0.05) is 0 Å². The minimum atomic E-state index is -0.378. The van der Waals surface area contributed by atoms with Crippen molar-refractivity contribution in [2.24, 2.45) is 0 Å². The normalized spacial score (nSPS) is 10.3. The van der Waals surface area contributed by atoms with Crippen molar-refractivity contribution in [3.05, 3.63) is 51.5 Å². The predicted molar refractivity (Wildman–Crippen MR) is 93.2 cm³/mol. The molecule has 0 heterocycles. The van der Waals surface area contributed by atoms with Crippen molar-refractivity contribution >= 4 is 46.4 Å². The molecule has 0 fully saturated rings. The van der Waals surface area contributed by atoms with Crippen LogP contribution in [0.25, 0.3) is 0 Å². The topological polar surface area (TPSA) is 47.6 Å². The van der Waals surface area contributed by atoms with Crippen LogP contribution in [0.2, 0.25) is 15.1 Å². The first-order valence-corrected chi connectivity index (χ1v) is 7.93. The van der Waals surface area contributed by atoms with Crippen molar-refractivity contribution in [1.29, 1.82) is 0 Å². The van der Waals surface area contributed by atoms with Gasteiger partial charge in [0.15, 0.2) is 18.1 Å². The van der Waals surface area contributed by atoms with Crippen LogP contribution in [-0.4, -0.2) is 19.1 Å². The first-order chi connectivity index (χ1) is 11.0. The van der Waals surface area contributed by atoms with Gasteiger partial charge >= 0.3 is 0 Å². The van der Waals surface area contributed by atoms with E-state index in [4.69, 9.17) is 44.3 Å². The Bertz CT molecular complexity index is 707. The third-order valence-electron chi connectivity index (χ3n) is 2.79. The first-order valence-electron chi connectivity index (χ1n) is 6.80. The molecule has 1 N–H and O–H groups in total. The lowest BCUT2D eigenvalue weighted by Gasteiger charge is -2.12. The molecule has 4 nitrogen and oxygen atoms in total. The van der Waals surface area contributed by atoms with E-state index >= 15 is 0 Å². The van der Waals surface area contributed by atoms with E-state index in [0.717, 1.165) is 0 Å². The van der Waals surface area contributed by atoms with Gasteiger partial charge in [-0.2, -0.15) is 0 Å². The quantitative estimate of drug-likeness (QED) is 0.719. The number of amides is 1. The Kier molecular flexibility index (Phi) is 6.39. The zero-order valence-corrected chi connectivity index (χ0v) is 14.5. The highest BCUT2D eigenvalue weighted by atomic mass is 35.5. The number of rotatable bonds is 6. The maximum Gasteiger partial charge on any atom is 0.262 e. The Labute approximate surface area is 149 Å². The van der Waals surface area contributed by atoms with Crippen LogP contribution in [0, 0.1) is 0 Å². The fourth-order valence-electron chi connectivity index (χ4n) is 1.79. The summed E-state index contributed by atoms with van der Waals surface area (Å²) in [6, 6.07) is 10.1. The Hall–Kier alpha value is -1.62. The molecule has 2 aromatic carbocycles. The molecule has 0 aliphatic rings. The van der Waals surface area contributed by atoms with E-state index in [1.165, 1.54) is 12.1 Å². The minimum Gasteiger partial charge on any atom is -0.490 e. The maximum atomic E-state index is 12.0. The molecule has 0 aliphatic carbocycles. The van der Waals surface area contributed by atoms with Crippen molar-refractivity contribution in [2.75, 3.05) is 18.5 Å². The van der Waals surface area contributed by atoms with Gasteiger partial charge in [0.25, 0.3) is 5.91 Å². The molecule has 7 heteroatoms. The number of para-hydroxylation sites is 2. The molecule has 0 aliphatic heterocycles. The fourth-order valence-corrected chi connectivity index (χ4v) is 2.39. The number of carbonyl (C=O) groups is 1. The zero-order chi connectivity index (χ0) is 16.8. The lowest BCUT2D eigenvalue weighted by molar-refractivity contribution is -0.118. The van der Waals surface area contributed by atoms with Crippen LogP contribution in [0.5, 0.6) is 11.5 Å². The maximum absolute atomic E-state index is 12.0. The highest BCUT2D eigenvalue weighted by molar-refractivity contribution is 6.44. The van der Waals surface area contributed by atoms with E-state index in [9.17, 15) is 4.79 Å². The van der Waals surface area contributed by atoms with Crippen molar-refractivity contribution in [2.45, 2.75) is 6.92 Å². The van der Waals surface area contributed by atoms with Gasteiger partial charge in [-0.25, -0.2) is 0 Å². The molecule has 0 spiro atoms. The van der Waals surface area contributed by atoms with E-state index in [-0.39, 0.29) is 12.5 Å². The van der Waals surface area contributed by atoms with Gasteiger partial charge in [-0.3, -0.25) is 4.79 Å². The minimum absolute atomic E-state index is 0.194. The summed E-state index contributed by atoms with van der Waals surface area (Å²) in [5.74, 6) is 0.691. The predicted octanol–water partition coefficient (Wildman–Crippen LogP) is 5.06. The lowest BCUT2D eigenvalue weighted by Crippen LogP contribution is -2.20. The second kappa shape index (κ2) is 8.29. The largest absolute Gasteiger partial charge is 0.490 e. The van der Waals surface area contributed by atoms with Crippen LogP contribution in [0.1, 0.15) is 6.92 Å². The van der Waals surface area contributed by atoms with E-state index in [2.05, 4.69) is 5.32 Å². The summed E-state index contributed by atoms with van der Waals surface area (Å²) in [5, 5.41) is 3.53. The van der Waals surface area contributed by atoms with Crippen LogP contribution in [0.3, 0.4) is 0 Å². The van der Waals surface area contributed by atoms with Gasteiger partial charge in [-0.1, -0.05) is 46.9 Å². The van der Waals surface area contributed by atoms with Crippen molar-refractivity contribution < 1.29 is 14.3 Å². The van der Waals surface area contributed by atoms with Crippen LogP contribution >= 0.6 is 34.8 Å². The summed E-state index contributed by atoms with van der Waals surface area (Å²) in [6.07, 6.45) is 0. The Morgan fingerprint density at radius 1 is 1.00 bits per heavy atom. The lowest BCUT2D eigenvalue weighted by atomic mass is 10.3. The molecule has 1 amide bonds. The van der Waals surface area contributed by atoms with Gasteiger partial charge in [-0.05, 0) is 31.2 Å². The monoisotopic (exact) mass is 373 g/mol. The number of halogens is 3. The van der Waals surface area contributed by atoms with Crippen molar-refractivity contribution in [3.8, 4) is 11.5 Å². The van der Waals surface area contributed by atoms with Gasteiger partial charge in [-0.15, -0.1) is 0 Å². The third kappa shape index (κ3) is 4.93. The van der Waals surface area contributed by atoms with Crippen molar-refractivity contribution in [3.63, 3.8) is 0 Å². The molecule has 0 unspecified atom stereocenters. The van der Waals surface area contributed by atoms with E-state index in [1.807, 2.05) is 13.0 Å². The van der Waals surface area contributed by atoms with E-state index in [0.29, 0.717) is 38.9 Å². The SMILES string of the molecule is CCOc1ccccc1OCC(=O)Nc1cc(Cl)c(Cl)cc1Cl. The number of anilines is 1. The molecule has 23 heavy (non-hydrogen) atoms. The molecular weight excluding hydrogens is 361 g/mol. The summed E-state index contributed by atoms with van der Waals surface area (Å²) >= 11 is 17.8. The number of benzene rings is 2. The summed E-state index contributed by atoms with van der Waals surface area (Å²) in [7, 11) is 0. The number of nitrogens with one attached hydrogen (secondary N) is 1. The smallest absolute Gasteiger partial charge is 0.262 e. The van der Waals surface area contributed by atoms with Gasteiger partial charge < -0.3 is 14.8 Å². The highest BCUT2D eigenvalue weighted by Crippen LogP contribution is 2.32. The number of hydrogen-bond donors (Lipinski definition) is 1. The molecular formula is C16H14Cl3NO3. The number of ether oxygens (including phenoxy) is 2. The van der Waals surface area contributed by atoms with Gasteiger partial charge in [0.2, 0.25) is 0 Å². The highest BCUT2D eigenvalue weighted by Gasteiger charge is 2.11. The molecule has 0 radical (unpaired) electrons. The summed E-state index contributed by atoms with van der Waals surface area (Å²) in [6.45, 7) is 2.18. The molecule has 0 bridgehead atoms. The Morgan fingerprint density at radius 3 is 2.26 bits per heavy atom. The molecule has 2 rings (SSSR count). The van der Waals surface area contributed by atoms with Crippen LogP contribution in [0.15, 0.2) is 36.4 Å². The second-order valence-corrected chi connectivity index (χ2v) is 5.68. The van der Waals surface area contributed by atoms with Crippen LogP contribution in [0.4, 0.5) is 5.69 Å². The van der Waals surface area contributed by atoms with Gasteiger partial charge in [0.05, 0.1) is 27.4 Å². The Morgan fingerprint density at radius 2 is 1.61 bits per heavy atom. The van der Waals surface area contributed by atoms with E-state index < -0.39 is 0 Å². The average Bonchev–Trinajstić information content (AvgIpc) is 2.52. The fraction of sp³-hybridized carbons (Fsp3) is 0.188. The molecule has 0 aromatic heterocycles. The Balaban J connectivity index is 2.00. The molecule has 0 saturated carbocycles. The van der Waals surface area contributed by atoms with Crippen LogP contribution < -0.4 is 14.8 Å². The standard InChI is InChI=1S/C16H14Cl3NO3/c1-2-22-14-5-3-4-6-15(14)23-9-16(21)20-13-8-11(18)10(17)7-12(13)19/h3-8H,2,9H2,1H3,(H,20,21). The zero-order valence-electron chi connectivity index (χ0n) is 12.2. The molecule has 2 aromatic rings. The first kappa shape index (κ1) is 17.7. The second-order valence-electron chi connectivity index (χ2n) is 4.46. The summed E-state index contributed by atoms with van der Waals surface area (Å²) < 4.78 is 10.9. The number of hydrogen-bond acceptors (Lipinski definition) is 3. The molecule has 0 atom stereocenters. The number of carbonyl (C=O) groups excluding carboxylic acids is 1.